The molecule has 1 aromatic carbocycles. The number of nitrogen functional groups attached to an aromatic ring is 1. The van der Waals surface area contributed by atoms with Gasteiger partial charge in [-0.1, -0.05) is 0 Å². The molecule has 1 aliphatic heterocycles. The molecule has 0 bridgehead atoms. The lowest BCUT2D eigenvalue weighted by Crippen LogP contribution is -2.33. The van der Waals surface area contributed by atoms with Crippen molar-refractivity contribution in [2.75, 3.05) is 24.6 Å². The Labute approximate surface area is 111 Å². The Balaban J connectivity index is 2.22. The maximum atomic E-state index is 13.1. The predicted octanol–water partition coefficient (Wildman–Crippen LogP) is 0.804. The summed E-state index contributed by atoms with van der Waals surface area (Å²) in [6, 6.07) is 3.11. The number of nitrogens with zero attached hydrogens (tertiary/aromatic N) is 1. The minimum absolute atomic E-state index is 0.0457. The van der Waals surface area contributed by atoms with Crippen molar-refractivity contribution in [1.29, 1.82) is 0 Å². The third-order valence-corrected chi connectivity index (χ3v) is 4.73. The van der Waals surface area contributed by atoms with Gasteiger partial charge in [0.15, 0.2) is 9.84 Å². The minimum Gasteiger partial charge on any atom is -0.398 e. The maximum Gasteiger partial charge on any atom is 0.238 e. The van der Waals surface area contributed by atoms with Crippen LogP contribution in [0.1, 0.15) is 12.8 Å². The molecule has 0 spiro atoms. The highest BCUT2D eigenvalue weighted by molar-refractivity contribution is 7.92. The lowest BCUT2D eigenvalue weighted by Gasteiger charge is -2.15. The number of hydrogen-bond donors (Lipinski definition) is 1. The van der Waals surface area contributed by atoms with Crippen LogP contribution in [0.4, 0.5) is 10.1 Å². The highest BCUT2D eigenvalue weighted by Gasteiger charge is 2.26. The van der Waals surface area contributed by atoms with Gasteiger partial charge in [-0.05, 0) is 31.0 Å². The molecular formula is C12H15FN2O3S. The normalized spacial score (nSPS) is 15.7. The van der Waals surface area contributed by atoms with Crippen molar-refractivity contribution < 1.29 is 17.6 Å². The molecule has 0 aromatic heterocycles. The van der Waals surface area contributed by atoms with Crippen molar-refractivity contribution in [3.8, 4) is 0 Å². The summed E-state index contributed by atoms with van der Waals surface area (Å²) < 4.78 is 37.3. The molecule has 7 heteroatoms. The number of sulfone groups is 1. The number of hydrogen-bond acceptors (Lipinski definition) is 4. The third-order valence-electron chi connectivity index (χ3n) is 3.08. The fourth-order valence-electron chi connectivity index (χ4n) is 2.08. The van der Waals surface area contributed by atoms with Crippen LogP contribution in [0.5, 0.6) is 0 Å². The molecule has 0 atom stereocenters. The van der Waals surface area contributed by atoms with Crippen LogP contribution in [0.15, 0.2) is 23.1 Å². The van der Waals surface area contributed by atoms with E-state index in [4.69, 9.17) is 5.73 Å². The smallest absolute Gasteiger partial charge is 0.238 e. The average Bonchev–Trinajstić information content (AvgIpc) is 2.85. The second-order valence-electron chi connectivity index (χ2n) is 4.53. The number of amides is 1. The first-order chi connectivity index (χ1) is 8.90. The maximum absolute atomic E-state index is 13.1. The Morgan fingerprint density at radius 1 is 1.32 bits per heavy atom. The van der Waals surface area contributed by atoms with Crippen molar-refractivity contribution in [3.63, 3.8) is 0 Å². The molecule has 2 rings (SSSR count). The van der Waals surface area contributed by atoms with Crippen molar-refractivity contribution in [2.24, 2.45) is 0 Å². The number of likely N-dealkylation sites (tertiary alicyclic amines) is 1. The molecule has 1 amide bonds. The second-order valence-corrected chi connectivity index (χ2v) is 6.49. The lowest BCUT2D eigenvalue weighted by molar-refractivity contribution is -0.127. The molecule has 19 heavy (non-hydrogen) atoms. The van der Waals surface area contributed by atoms with Crippen LogP contribution in [0.3, 0.4) is 0 Å². The molecule has 0 aliphatic carbocycles. The van der Waals surface area contributed by atoms with Gasteiger partial charge in [0.05, 0.1) is 10.6 Å². The summed E-state index contributed by atoms with van der Waals surface area (Å²) in [6.45, 7) is 1.15. The molecule has 0 unspecified atom stereocenters. The first kappa shape index (κ1) is 13.8. The van der Waals surface area contributed by atoms with Crippen LogP contribution in [0.2, 0.25) is 0 Å². The Bertz CT molecular complexity index is 595. The van der Waals surface area contributed by atoms with Gasteiger partial charge >= 0.3 is 0 Å². The van der Waals surface area contributed by atoms with Gasteiger partial charge in [0, 0.05) is 13.1 Å². The van der Waals surface area contributed by atoms with Gasteiger partial charge < -0.3 is 10.6 Å². The van der Waals surface area contributed by atoms with E-state index < -0.39 is 27.3 Å². The highest BCUT2D eigenvalue weighted by atomic mass is 32.2. The molecule has 2 N–H and O–H groups in total. The molecule has 5 nitrogen and oxygen atoms in total. The van der Waals surface area contributed by atoms with Crippen LogP contribution >= 0.6 is 0 Å². The number of carbonyl (C=O) groups is 1. The van der Waals surface area contributed by atoms with E-state index in [9.17, 15) is 17.6 Å². The van der Waals surface area contributed by atoms with E-state index in [1.54, 1.807) is 0 Å². The molecule has 0 radical (unpaired) electrons. The summed E-state index contributed by atoms with van der Waals surface area (Å²) in [7, 11) is -3.91. The molecule has 1 aromatic rings. The minimum atomic E-state index is -3.91. The lowest BCUT2D eigenvalue weighted by atomic mass is 10.3. The molecule has 0 saturated carbocycles. The van der Waals surface area contributed by atoms with Gasteiger partial charge in [-0.25, -0.2) is 12.8 Å². The second kappa shape index (κ2) is 5.16. The standard InChI is InChI=1S/C12H15FN2O3S/c13-9-3-4-10(14)11(7-9)19(17,18)8-12(16)15-5-1-2-6-15/h3-4,7H,1-2,5-6,8,14H2. The van der Waals surface area contributed by atoms with Gasteiger partial charge in [0.25, 0.3) is 0 Å². The average molecular weight is 286 g/mol. The van der Waals surface area contributed by atoms with Crippen LogP contribution in [0.25, 0.3) is 0 Å². The van der Waals surface area contributed by atoms with Crippen LogP contribution < -0.4 is 5.73 Å². The number of rotatable bonds is 3. The summed E-state index contributed by atoms with van der Waals surface area (Å²) in [4.78, 5) is 13.0. The van der Waals surface area contributed by atoms with Crippen molar-refractivity contribution >= 4 is 21.4 Å². The Hall–Kier alpha value is -1.63. The molecular weight excluding hydrogens is 271 g/mol. The highest BCUT2D eigenvalue weighted by Crippen LogP contribution is 2.21. The van der Waals surface area contributed by atoms with Gasteiger partial charge in [-0.3, -0.25) is 4.79 Å². The molecule has 1 saturated heterocycles. The van der Waals surface area contributed by atoms with Crippen LogP contribution in [-0.4, -0.2) is 38.1 Å². The van der Waals surface area contributed by atoms with E-state index in [1.165, 1.54) is 11.0 Å². The topological polar surface area (TPSA) is 80.5 Å². The van der Waals surface area contributed by atoms with Gasteiger partial charge in [-0.2, -0.15) is 0 Å². The molecule has 1 fully saturated rings. The fourth-order valence-corrected chi connectivity index (χ4v) is 3.46. The van der Waals surface area contributed by atoms with E-state index in [0.717, 1.165) is 25.0 Å². The van der Waals surface area contributed by atoms with E-state index in [2.05, 4.69) is 0 Å². The van der Waals surface area contributed by atoms with Gasteiger partial charge in [0.2, 0.25) is 5.91 Å². The Morgan fingerprint density at radius 3 is 2.58 bits per heavy atom. The van der Waals surface area contributed by atoms with Crippen LogP contribution in [-0.2, 0) is 14.6 Å². The number of anilines is 1. The predicted molar refractivity (Wildman–Crippen MR) is 68.7 cm³/mol. The number of benzene rings is 1. The quantitative estimate of drug-likeness (QED) is 0.834. The summed E-state index contributed by atoms with van der Waals surface area (Å²) in [5.74, 6) is -1.82. The number of carbonyl (C=O) groups excluding carboxylic acids is 1. The summed E-state index contributed by atoms with van der Waals surface area (Å²) >= 11 is 0. The summed E-state index contributed by atoms with van der Waals surface area (Å²) in [6.07, 6.45) is 1.77. The zero-order valence-electron chi connectivity index (χ0n) is 10.3. The Kier molecular flexibility index (Phi) is 3.75. The van der Waals surface area contributed by atoms with Crippen molar-refractivity contribution in [2.45, 2.75) is 17.7 Å². The summed E-state index contributed by atoms with van der Waals surface area (Å²) in [5, 5.41) is 0. The SMILES string of the molecule is Nc1ccc(F)cc1S(=O)(=O)CC(=O)N1CCCC1. The largest absolute Gasteiger partial charge is 0.398 e. The van der Waals surface area contributed by atoms with Crippen molar-refractivity contribution in [1.82, 2.24) is 4.90 Å². The molecule has 104 valence electrons. The first-order valence-corrected chi connectivity index (χ1v) is 7.61. The number of halogens is 1. The number of nitrogens with two attached hydrogens (primary N) is 1. The van der Waals surface area contributed by atoms with E-state index >= 15 is 0 Å². The summed E-state index contributed by atoms with van der Waals surface area (Å²) in [5.41, 5.74) is 5.49. The van der Waals surface area contributed by atoms with E-state index in [1.807, 2.05) is 0 Å². The molecule has 1 heterocycles. The fraction of sp³-hybridized carbons (Fsp3) is 0.417. The van der Waals surface area contributed by atoms with Gasteiger partial charge in [0.1, 0.15) is 11.6 Å². The van der Waals surface area contributed by atoms with E-state index in [-0.39, 0.29) is 10.6 Å². The molecule has 1 aliphatic rings. The third kappa shape index (κ3) is 3.04. The van der Waals surface area contributed by atoms with Gasteiger partial charge in [-0.15, -0.1) is 0 Å². The first-order valence-electron chi connectivity index (χ1n) is 5.96. The monoisotopic (exact) mass is 286 g/mol. The van der Waals surface area contributed by atoms with E-state index in [0.29, 0.717) is 13.1 Å². The van der Waals surface area contributed by atoms with Crippen molar-refractivity contribution in [3.05, 3.63) is 24.0 Å². The Morgan fingerprint density at radius 2 is 1.95 bits per heavy atom. The van der Waals surface area contributed by atoms with Crippen LogP contribution in [0, 0.1) is 5.82 Å². The zero-order chi connectivity index (χ0) is 14.0. The zero-order valence-corrected chi connectivity index (χ0v) is 11.1.